The number of Topliss-reactive ketones (excluding diaryl/α,β-unsaturated/α-hetero) is 1. The van der Waals surface area contributed by atoms with Crippen LogP contribution in [0, 0.1) is 11.8 Å². The summed E-state index contributed by atoms with van der Waals surface area (Å²) in [4.78, 5) is 22.8. The monoisotopic (exact) mass is 380 g/mol. The van der Waals surface area contributed by atoms with Gasteiger partial charge in [-0.15, -0.1) is 6.58 Å². The van der Waals surface area contributed by atoms with Gasteiger partial charge >= 0.3 is 5.97 Å². The summed E-state index contributed by atoms with van der Waals surface area (Å²) in [5, 5.41) is 28.5. The molecule has 1 fully saturated rings. The molecule has 0 spiro atoms. The lowest BCUT2D eigenvalue weighted by atomic mass is 9.88. The van der Waals surface area contributed by atoms with E-state index < -0.39 is 17.7 Å². The van der Waals surface area contributed by atoms with Gasteiger partial charge in [0.2, 0.25) is 0 Å². The van der Waals surface area contributed by atoms with Crippen LogP contribution in [0.25, 0.3) is 0 Å². The van der Waals surface area contributed by atoms with E-state index in [9.17, 15) is 19.8 Å². The minimum Gasteiger partial charge on any atom is -0.479 e. The maximum absolute atomic E-state index is 12.2. The van der Waals surface area contributed by atoms with E-state index in [1.807, 2.05) is 6.08 Å². The predicted octanol–water partition coefficient (Wildman–Crippen LogP) is 4.03. The van der Waals surface area contributed by atoms with Gasteiger partial charge in [-0.2, -0.15) is 0 Å². The van der Waals surface area contributed by atoms with Crippen molar-refractivity contribution in [3.8, 4) is 0 Å². The summed E-state index contributed by atoms with van der Waals surface area (Å²) in [6.45, 7) is 5.85. The van der Waals surface area contributed by atoms with Crippen molar-refractivity contribution in [2.75, 3.05) is 0 Å². The van der Waals surface area contributed by atoms with E-state index in [4.69, 9.17) is 5.11 Å². The molecule has 5 heteroatoms. The summed E-state index contributed by atoms with van der Waals surface area (Å²) >= 11 is 0. The Morgan fingerprint density at radius 3 is 2.70 bits per heavy atom. The van der Waals surface area contributed by atoms with E-state index in [0.29, 0.717) is 31.5 Å². The lowest BCUT2D eigenvalue weighted by molar-refractivity contribution is -0.147. The van der Waals surface area contributed by atoms with Gasteiger partial charge in [0.25, 0.3) is 0 Å². The molecule has 1 rings (SSSR count). The summed E-state index contributed by atoms with van der Waals surface area (Å²) < 4.78 is 0. The van der Waals surface area contributed by atoms with Crippen molar-refractivity contribution in [1.82, 2.24) is 0 Å². The number of allylic oxidation sites excluding steroid dienone is 1. The van der Waals surface area contributed by atoms with E-state index in [2.05, 4.69) is 19.6 Å². The third-order valence-corrected chi connectivity index (χ3v) is 5.63. The standard InChI is InChI=1S/C22H36O5/c1-3-5-15-22(27,4-2)16-9-10-17-13-14-19(23)18(17)11-7-6-8-12-20(24)21(25)26/h4,9-10,17-18,20,24,27H,2-3,5-8,11-16H2,1H3,(H,25,26)/t17-,18+,20?,22?/m0/s1. The minimum absolute atomic E-state index is 0.0260. The summed E-state index contributed by atoms with van der Waals surface area (Å²) in [6.07, 6.45) is 12.5. The van der Waals surface area contributed by atoms with Crippen LogP contribution in [0.5, 0.6) is 0 Å². The van der Waals surface area contributed by atoms with Gasteiger partial charge in [-0.05, 0) is 38.0 Å². The largest absolute Gasteiger partial charge is 0.479 e. The van der Waals surface area contributed by atoms with Crippen molar-refractivity contribution in [2.45, 2.75) is 89.3 Å². The number of hydrogen-bond donors (Lipinski definition) is 3. The number of aliphatic hydroxyl groups is 2. The first-order chi connectivity index (χ1) is 12.8. The van der Waals surface area contributed by atoms with Crippen LogP contribution in [0.3, 0.4) is 0 Å². The highest BCUT2D eigenvalue weighted by Crippen LogP contribution is 2.34. The van der Waals surface area contributed by atoms with Gasteiger partial charge in [0.05, 0.1) is 5.60 Å². The number of unbranched alkanes of at least 4 members (excludes halogenated alkanes) is 3. The number of aliphatic hydroxyl groups excluding tert-OH is 1. The molecule has 0 bridgehead atoms. The van der Waals surface area contributed by atoms with Gasteiger partial charge in [-0.1, -0.05) is 57.3 Å². The maximum Gasteiger partial charge on any atom is 0.332 e. The Bertz CT molecular complexity index is 513. The molecule has 0 radical (unpaired) electrons. The molecule has 5 nitrogen and oxygen atoms in total. The van der Waals surface area contributed by atoms with Crippen LogP contribution in [0.15, 0.2) is 24.8 Å². The molecule has 3 N–H and O–H groups in total. The maximum atomic E-state index is 12.2. The van der Waals surface area contributed by atoms with Gasteiger partial charge in [0.15, 0.2) is 6.10 Å². The van der Waals surface area contributed by atoms with Gasteiger partial charge in [-0.25, -0.2) is 4.79 Å². The fourth-order valence-electron chi connectivity index (χ4n) is 3.76. The number of ketones is 1. The van der Waals surface area contributed by atoms with Gasteiger partial charge in [0.1, 0.15) is 5.78 Å². The second-order valence-corrected chi connectivity index (χ2v) is 7.81. The van der Waals surface area contributed by atoms with E-state index in [1.54, 1.807) is 6.08 Å². The third-order valence-electron chi connectivity index (χ3n) is 5.63. The number of carbonyl (C=O) groups is 2. The van der Waals surface area contributed by atoms with Crippen LogP contribution in [0.2, 0.25) is 0 Å². The Labute approximate surface area is 163 Å². The SMILES string of the molecule is C=CC(O)(CC=C[C@H]1CCC(=O)[C@@H]1CCCCCC(O)C(=O)O)CCCC. The van der Waals surface area contributed by atoms with Crippen LogP contribution in [0.1, 0.15) is 77.6 Å². The minimum atomic E-state index is -1.29. The Morgan fingerprint density at radius 1 is 1.33 bits per heavy atom. The zero-order chi connectivity index (χ0) is 20.3. The Morgan fingerprint density at radius 2 is 2.07 bits per heavy atom. The second kappa shape index (κ2) is 12.1. The van der Waals surface area contributed by atoms with Crippen LogP contribution < -0.4 is 0 Å². The molecule has 1 aliphatic carbocycles. The topological polar surface area (TPSA) is 94.8 Å². The summed E-state index contributed by atoms with van der Waals surface area (Å²) in [5.41, 5.74) is -0.865. The Hall–Kier alpha value is -1.46. The first-order valence-corrected chi connectivity index (χ1v) is 10.3. The molecule has 1 saturated carbocycles. The third kappa shape index (κ3) is 8.39. The zero-order valence-electron chi connectivity index (χ0n) is 16.6. The molecular weight excluding hydrogens is 344 g/mol. The number of aliphatic carboxylic acids is 1. The van der Waals surface area contributed by atoms with Crippen LogP contribution in [-0.2, 0) is 9.59 Å². The Kier molecular flexibility index (Phi) is 10.6. The molecule has 0 amide bonds. The predicted molar refractivity (Wildman–Crippen MR) is 106 cm³/mol. The summed E-state index contributed by atoms with van der Waals surface area (Å²) in [6, 6.07) is 0. The number of rotatable bonds is 14. The lowest BCUT2D eigenvalue weighted by Crippen LogP contribution is -2.24. The van der Waals surface area contributed by atoms with Crippen molar-refractivity contribution >= 4 is 11.8 Å². The fraction of sp³-hybridized carbons (Fsp3) is 0.727. The van der Waals surface area contributed by atoms with Gasteiger partial charge in [0, 0.05) is 12.3 Å². The quantitative estimate of drug-likeness (QED) is 0.312. The molecule has 27 heavy (non-hydrogen) atoms. The van der Waals surface area contributed by atoms with Crippen molar-refractivity contribution in [3.05, 3.63) is 24.8 Å². The highest BCUT2D eigenvalue weighted by atomic mass is 16.4. The molecule has 1 aliphatic rings. The van der Waals surface area contributed by atoms with E-state index in [-0.39, 0.29) is 18.3 Å². The molecule has 0 saturated heterocycles. The number of carbonyl (C=O) groups excluding carboxylic acids is 1. The van der Waals surface area contributed by atoms with Crippen LogP contribution >= 0.6 is 0 Å². The molecule has 0 aliphatic heterocycles. The molecule has 0 aromatic rings. The van der Waals surface area contributed by atoms with Crippen molar-refractivity contribution < 1.29 is 24.9 Å². The normalized spacial score (nSPS) is 23.4. The fourth-order valence-corrected chi connectivity index (χ4v) is 3.76. The highest BCUT2D eigenvalue weighted by Gasteiger charge is 2.32. The zero-order valence-corrected chi connectivity index (χ0v) is 16.6. The highest BCUT2D eigenvalue weighted by molar-refractivity contribution is 5.83. The summed E-state index contributed by atoms with van der Waals surface area (Å²) in [7, 11) is 0. The van der Waals surface area contributed by atoms with Crippen molar-refractivity contribution in [2.24, 2.45) is 11.8 Å². The van der Waals surface area contributed by atoms with E-state index in [1.165, 1.54) is 0 Å². The molecule has 2 unspecified atom stereocenters. The van der Waals surface area contributed by atoms with Crippen LogP contribution in [-0.4, -0.2) is 38.8 Å². The molecule has 0 aromatic carbocycles. The average Bonchev–Trinajstić information content (AvgIpc) is 2.99. The first kappa shape index (κ1) is 23.6. The van der Waals surface area contributed by atoms with Crippen molar-refractivity contribution in [1.29, 1.82) is 0 Å². The summed E-state index contributed by atoms with van der Waals surface area (Å²) in [5.74, 6) is -0.620. The van der Waals surface area contributed by atoms with E-state index >= 15 is 0 Å². The number of carboxylic acids is 1. The number of carboxylic acid groups (broad SMARTS) is 1. The molecule has 4 atom stereocenters. The molecular formula is C22H36O5. The second-order valence-electron chi connectivity index (χ2n) is 7.81. The first-order valence-electron chi connectivity index (χ1n) is 10.3. The Balaban J connectivity index is 2.42. The number of hydrogen-bond acceptors (Lipinski definition) is 4. The lowest BCUT2D eigenvalue weighted by Gasteiger charge is -2.23. The molecule has 154 valence electrons. The van der Waals surface area contributed by atoms with Crippen LogP contribution in [0.4, 0.5) is 0 Å². The molecule has 0 heterocycles. The van der Waals surface area contributed by atoms with Gasteiger partial charge < -0.3 is 15.3 Å². The van der Waals surface area contributed by atoms with Gasteiger partial charge in [-0.3, -0.25) is 4.79 Å². The average molecular weight is 381 g/mol. The van der Waals surface area contributed by atoms with E-state index in [0.717, 1.165) is 38.5 Å². The van der Waals surface area contributed by atoms with Crippen molar-refractivity contribution in [3.63, 3.8) is 0 Å². The smallest absolute Gasteiger partial charge is 0.332 e. The molecule has 0 aromatic heterocycles.